The highest BCUT2D eigenvalue weighted by atomic mass is 35.5. The number of benzene rings is 3. The van der Waals surface area contributed by atoms with Crippen LogP contribution in [0, 0.1) is 0 Å². The molecule has 0 heterocycles. The fourth-order valence-corrected chi connectivity index (χ4v) is 3.23. The number of halogens is 1. The maximum Gasteiger partial charge on any atom is 0.134 e. The lowest BCUT2D eigenvalue weighted by atomic mass is 9.94. The van der Waals surface area contributed by atoms with E-state index in [1.165, 1.54) is 0 Å². The molecule has 6 heteroatoms. The first-order valence-electron chi connectivity index (χ1n) is 9.26. The van der Waals surface area contributed by atoms with Crippen LogP contribution in [0.4, 0.5) is 0 Å². The number of aliphatic hydroxyl groups excluding tert-OH is 3. The van der Waals surface area contributed by atoms with Gasteiger partial charge >= 0.3 is 0 Å². The summed E-state index contributed by atoms with van der Waals surface area (Å²) in [7, 11) is 0. The zero-order valence-corrected chi connectivity index (χ0v) is 16.8. The first-order valence-corrected chi connectivity index (χ1v) is 9.26. The van der Waals surface area contributed by atoms with Crippen molar-refractivity contribution < 1.29 is 20.1 Å². The average molecular weight is 406 g/mol. The topological polar surface area (TPSA) is 82.0 Å². The maximum atomic E-state index is 9.59. The largest absolute Gasteiger partial charge is 0.492 e. The molecule has 0 atom stereocenters. The van der Waals surface area contributed by atoms with Crippen LogP contribution in [-0.4, -0.2) is 47.3 Å². The number of rotatable bonds is 9. The summed E-state index contributed by atoms with van der Waals surface area (Å²) >= 11 is 0. The molecular weight excluding hydrogens is 378 g/mol. The first-order chi connectivity index (χ1) is 13.1. The Balaban J connectivity index is 0.00000280. The fourth-order valence-electron chi connectivity index (χ4n) is 3.23. The minimum absolute atomic E-state index is 0. The van der Waals surface area contributed by atoms with Crippen LogP contribution >= 0.6 is 12.4 Å². The standard InChI is InChI=1S/C22H27NO4.ClH/c1-22(14-25,15-26)23-13-20-16-7-2-4-9-18(16)21(27-12-6-11-24)19-10-5-3-8-17(19)20;/h2-5,7-10,23-26H,6,11-15H2,1H3;1H. The Labute approximate surface area is 171 Å². The Hall–Kier alpha value is -1.89. The van der Waals surface area contributed by atoms with Crippen LogP contribution in [-0.2, 0) is 6.54 Å². The number of nitrogens with one attached hydrogen (secondary N) is 1. The summed E-state index contributed by atoms with van der Waals surface area (Å²) in [5.41, 5.74) is 0.349. The second-order valence-corrected chi connectivity index (χ2v) is 7.05. The van der Waals surface area contributed by atoms with Gasteiger partial charge in [-0.2, -0.15) is 0 Å². The molecule has 4 N–H and O–H groups in total. The van der Waals surface area contributed by atoms with Crippen LogP contribution in [0.2, 0.25) is 0 Å². The van der Waals surface area contributed by atoms with E-state index >= 15 is 0 Å². The van der Waals surface area contributed by atoms with Gasteiger partial charge in [0.25, 0.3) is 0 Å². The third-order valence-electron chi connectivity index (χ3n) is 4.93. The highest BCUT2D eigenvalue weighted by molar-refractivity contribution is 6.08. The van der Waals surface area contributed by atoms with Crippen LogP contribution < -0.4 is 10.1 Å². The minimum Gasteiger partial charge on any atom is -0.492 e. The molecule has 152 valence electrons. The first kappa shape index (κ1) is 22.4. The highest BCUT2D eigenvalue weighted by Crippen LogP contribution is 2.38. The number of ether oxygens (including phenoxy) is 1. The molecule has 0 saturated heterocycles. The van der Waals surface area contributed by atoms with E-state index < -0.39 is 5.54 Å². The third kappa shape index (κ3) is 4.57. The van der Waals surface area contributed by atoms with Gasteiger partial charge in [-0.1, -0.05) is 48.5 Å². The molecule has 0 radical (unpaired) electrons. The van der Waals surface area contributed by atoms with E-state index in [0.717, 1.165) is 32.9 Å². The van der Waals surface area contributed by atoms with Gasteiger partial charge in [-0.15, -0.1) is 12.4 Å². The molecule has 0 aliphatic carbocycles. The molecule has 0 amide bonds. The van der Waals surface area contributed by atoms with E-state index in [4.69, 9.17) is 9.84 Å². The lowest BCUT2D eigenvalue weighted by Gasteiger charge is -2.27. The van der Waals surface area contributed by atoms with Gasteiger partial charge in [0.05, 0.1) is 25.4 Å². The zero-order chi connectivity index (χ0) is 19.3. The van der Waals surface area contributed by atoms with Crippen LogP contribution in [0.3, 0.4) is 0 Å². The van der Waals surface area contributed by atoms with E-state index in [1.807, 2.05) is 36.4 Å². The smallest absolute Gasteiger partial charge is 0.134 e. The number of hydrogen-bond donors (Lipinski definition) is 4. The Morgan fingerprint density at radius 3 is 1.82 bits per heavy atom. The highest BCUT2D eigenvalue weighted by Gasteiger charge is 2.23. The van der Waals surface area contributed by atoms with Crippen LogP contribution in [0.5, 0.6) is 5.75 Å². The van der Waals surface area contributed by atoms with Gasteiger partial charge in [-0.25, -0.2) is 0 Å². The van der Waals surface area contributed by atoms with Crippen molar-refractivity contribution in [2.45, 2.75) is 25.4 Å². The molecular formula is C22H28ClNO4. The monoisotopic (exact) mass is 405 g/mol. The SMILES string of the molecule is CC(CO)(CO)NCc1c2ccccc2c(OCCCO)c2ccccc12.Cl. The molecule has 0 spiro atoms. The number of aliphatic hydroxyl groups is 3. The molecule has 3 aromatic carbocycles. The normalized spacial score (nSPS) is 11.6. The lowest BCUT2D eigenvalue weighted by Crippen LogP contribution is -2.48. The third-order valence-corrected chi connectivity index (χ3v) is 4.93. The molecule has 5 nitrogen and oxygen atoms in total. The predicted molar refractivity (Wildman–Crippen MR) is 115 cm³/mol. The summed E-state index contributed by atoms with van der Waals surface area (Å²) in [6.07, 6.45) is 0.581. The summed E-state index contributed by atoms with van der Waals surface area (Å²) < 4.78 is 6.06. The zero-order valence-electron chi connectivity index (χ0n) is 16.0. The molecule has 3 aromatic rings. The molecule has 0 unspecified atom stereocenters. The van der Waals surface area contributed by atoms with Crippen molar-refractivity contribution in [3.8, 4) is 5.75 Å². The summed E-state index contributed by atoms with van der Waals surface area (Å²) in [5.74, 6) is 0.825. The van der Waals surface area contributed by atoms with Crippen LogP contribution in [0.25, 0.3) is 21.5 Å². The van der Waals surface area contributed by atoms with Gasteiger partial charge < -0.3 is 25.4 Å². The molecule has 0 saturated carbocycles. The molecule has 0 fully saturated rings. The van der Waals surface area contributed by atoms with E-state index in [0.29, 0.717) is 19.6 Å². The average Bonchev–Trinajstić information content (AvgIpc) is 2.72. The molecule has 0 bridgehead atoms. The molecule has 0 aliphatic heterocycles. The maximum absolute atomic E-state index is 9.59. The second kappa shape index (κ2) is 10.0. The van der Waals surface area contributed by atoms with E-state index in [-0.39, 0.29) is 32.2 Å². The quantitative estimate of drug-likeness (QED) is 0.325. The van der Waals surface area contributed by atoms with Crippen LogP contribution in [0.1, 0.15) is 18.9 Å². The van der Waals surface area contributed by atoms with Crippen molar-refractivity contribution >= 4 is 34.0 Å². The van der Waals surface area contributed by atoms with Crippen molar-refractivity contribution in [1.29, 1.82) is 0 Å². The number of fused-ring (bicyclic) bond motifs is 2. The van der Waals surface area contributed by atoms with Crippen LogP contribution in [0.15, 0.2) is 48.5 Å². The summed E-state index contributed by atoms with van der Waals surface area (Å²) in [4.78, 5) is 0. The molecule has 0 aliphatic rings. The van der Waals surface area contributed by atoms with Crippen molar-refractivity contribution in [3.63, 3.8) is 0 Å². The van der Waals surface area contributed by atoms with Crippen molar-refractivity contribution in [2.24, 2.45) is 0 Å². The number of hydrogen-bond acceptors (Lipinski definition) is 5. The molecule has 0 aromatic heterocycles. The van der Waals surface area contributed by atoms with E-state index in [9.17, 15) is 10.2 Å². The minimum atomic E-state index is -0.751. The van der Waals surface area contributed by atoms with Gasteiger partial charge in [0, 0.05) is 30.3 Å². The van der Waals surface area contributed by atoms with Crippen molar-refractivity contribution in [3.05, 3.63) is 54.1 Å². The molecule has 3 rings (SSSR count). The van der Waals surface area contributed by atoms with Gasteiger partial charge in [0.15, 0.2) is 0 Å². The van der Waals surface area contributed by atoms with E-state index in [1.54, 1.807) is 6.92 Å². The van der Waals surface area contributed by atoms with Gasteiger partial charge in [0.2, 0.25) is 0 Å². The predicted octanol–water partition coefficient (Wildman–Crippen LogP) is 3.01. The summed E-state index contributed by atoms with van der Waals surface area (Å²) in [5, 5.41) is 35.7. The summed E-state index contributed by atoms with van der Waals surface area (Å²) in [6, 6.07) is 16.2. The molecule has 28 heavy (non-hydrogen) atoms. The fraction of sp³-hybridized carbons (Fsp3) is 0.364. The Morgan fingerprint density at radius 1 is 0.857 bits per heavy atom. The summed E-state index contributed by atoms with van der Waals surface area (Å²) in [6.45, 7) is 2.55. The van der Waals surface area contributed by atoms with Crippen molar-refractivity contribution in [2.75, 3.05) is 26.4 Å². The lowest BCUT2D eigenvalue weighted by molar-refractivity contribution is 0.103. The van der Waals surface area contributed by atoms with Gasteiger partial charge in [-0.05, 0) is 23.3 Å². The second-order valence-electron chi connectivity index (χ2n) is 7.05. The Bertz CT molecular complexity index is 855. The van der Waals surface area contributed by atoms with Crippen molar-refractivity contribution in [1.82, 2.24) is 5.32 Å². The van der Waals surface area contributed by atoms with Gasteiger partial charge in [0.1, 0.15) is 5.75 Å². The van der Waals surface area contributed by atoms with Gasteiger partial charge in [-0.3, -0.25) is 0 Å². The van der Waals surface area contributed by atoms with E-state index in [2.05, 4.69) is 17.4 Å². The Morgan fingerprint density at radius 2 is 1.36 bits per heavy atom. The Kier molecular flexibility index (Phi) is 8.04.